The van der Waals surface area contributed by atoms with Gasteiger partial charge < -0.3 is 19.0 Å². The lowest BCUT2D eigenvalue weighted by Gasteiger charge is -2.14. The lowest BCUT2D eigenvalue weighted by atomic mass is 10.1. The number of para-hydroxylation sites is 1. The van der Waals surface area contributed by atoms with Gasteiger partial charge >= 0.3 is 0 Å². The van der Waals surface area contributed by atoms with Crippen LogP contribution >= 0.6 is 0 Å². The fourth-order valence-corrected chi connectivity index (χ4v) is 3.40. The topological polar surface area (TPSA) is 109 Å². The maximum absolute atomic E-state index is 6.14. The van der Waals surface area contributed by atoms with Crippen LogP contribution in [0.2, 0.25) is 0 Å². The van der Waals surface area contributed by atoms with E-state index in [0.29, 0.717) is 23.9 Å². The average Bonchev–Trinajstić information content (AvgIpc) is 3.57. The van der Waals surface area contributed by atoms with Gasteiger partial charge in [0.25, 0.3) is 0 Å². The minimum atomic E-state index is 0.537. The number of rotatable bonds is 8. The summed E-state index contributed by atoms with van der Waals surface area (Å²) in [6.45, 7) is 1.37. The maximum atomic E-state index is 6.14. The number of fused-ring (bicyclic) bond motifs is 1. The Morgan fingerprint density at radius 3 is 2.90 bits per heavy atom. The molecule has 156 valence electrons. The summed E-state index contributed by atoms with van der Waals surface area (Å²) >= 11 is 0. The Morgan fingerprint density at radius 1 is 1.13 bits per heavy atom. The van der Waals surface area contributed by atoms with Crippen molar-refractivity contribution in [2.45, 2.75) is 13.0 Å². The lowest BCUT2D eigenvalue weighted by molar-refractivity contribution is 0.283. The third kappa shape index (κ3) is 3.82. The van der Waals surface area contributed by atoms with E-state index < -0.39 is 0 Å². The second-order valence-electron chi connectivity index (χ2n) is 6.88. The molecule has 3 aromatic heterocycles. The highest BCUT2D eigenvalue weighted by atomic mass is 16.5. The fourth-order valence-electron chi connectivity index (χ4n) is 3.40. The van der Waals surface area contributed by atoms with Crippen LogP contribution in [-0.2, 0) is 6.54 Å². The molecule has 0 bridgehead atoms. The highest BCUT2D eigenvalue weighted by Gasteiger charge is 2.16. The van der Waals surface area contributed by atoms with Crippen molar-refractivity contribution in [3.63, 3.8) is 0 Å². The number of H-pyrrole nitrogens is 1. The van der Waals surface area contributed by atoms with Gasteiger partial charge in [0.15, 0.2) is 11.5 Å². The number of nitrogens with zero attached hydrogens (tertiary/aromatic N) is 7. The molecule has 2 aromatic carbocycles. The first-order chi connectivity index (χ1) is 15.3. The molecule has 0 saturated carbocycles. The number of methoxy groups -OCH3 is 1. The monoisotopic (exact) mass is 416 g/mol. The molecule has 0 radical (unpaired) electrons. The number of hydrogen-bond donors (Lipinski definition) is 1. The van der Waals surface area contributed by atoms with Crippen LogP contribution in [0.4, 0.5) is 0 Å². The molecule has 0 aliphatic rings. The zero-order valence-electron chi connectivity index (χ0n) is 16.8. The maximum Gasteiger partial charge on any atom is 0.172 e. The van der Waals surface area contributed by atoms with Gasteiger partial charge in [0.1, 0.15) is 12.2 Å². The van der Waals surface area contributed by atoms with Crippen molar-refractivity contribution < 1.29 is 9.47 Å². The highest BCUT2D eigenvalue weighted by Crippen LogP contribution is 2.37. The van der Waals surface area contributed by atoms with E-state index in [-0.39, 0.29) is 0 Å². The number of tetrazole rings is 1. The van der Waals surface area contributed by atoms with Crippen molar-refractivity contribution >= 4 is 11.0 Å². The van der Waals surface area contributed by atoms with Crippen LogP contribution in [0.1, 0.15) is 6.42 Å². The summed E-state index contributed by atoms with van der Waals surface area (Å²) in [7, 11) is 1.63. The van der Waals surface area contributed by atoms with Crippen molar-refractivity contribution in [1.29, 1.82) is 0 Å². The molecule has 5 rings (SSSR count). The molecule has 0 amide bonds. The van der Waals surface area contributed by atoms with Gasteiger partial charge in [-0.25, -0.2) is 14.6 Å². The van der Waals surface area contributed by atoms with Crippen LogP contribution < -0.4 is 9.47 Å². The molecule has 10 heteroatoms. The second-order valence-corrected chi connectivity index (χ2v) is 6.88. The van der Waals surface area contributed by atoms with Crippen LogP contribution in [0.5, 0.6) is 11.5 Å². The van der Waals surface area contributed by atoms with Crippen LogP contribution in [0.25, 0.3) is 28.1 Å². The van der Waals surface area contributed by atoms with Crippen molar-refractivity contribution in [3.8, 4) is 28.6 Å². The van der Waals surface area contributed by atoms with E-state index in [1.165, 1.54) is 0 Å². The predicted octanol–water partition coefficient (Wildman–Crippen LogP) is 2.88. The normalized spacial score (nSPS) is 11.1. The Kier molecular flexibility index (Phi) is 5.01. The van der Waals surface area contributed by atoms with E-state index in [9.17, 15) is 0 Å². The summed E-state index contributed by atoms with van der Waals surface area (Å²) in [6.07, 6.45) is 7.89. The smallest absolute Gasteiger partial charge is 0.172 e. The zero-order valence-corrected chi connectivity index (χ0v) is 16.8. The molecule has 0 unspecified atom stereocenters. The number of ether oxygens (including phenoxy) is 2. The quantitative estimate of drug-likeness (QED) is 0.387. The third-order valence-corrected chi connectivity index (χ3v) is 4.90. The fraction of sp³-hybridized carbons (Fsp3) is 0.190. The van der Waals surface area contributed by atoms with E-state index in [0.717, 1.165) is 35.2 Å². The largest absolute Gasteiger partial charge is 0.493 e. The van der Waals surface area contributed by atoms with E-state index in [4.69, 9.17) is 14.5 Å². The number of aromatic nitrogens is 8. The van der Waals surface area contributed by atoms with Crippen molar-refractivity contribution in [1.82, 2.24) is 39.7 Å². The van der Waals surface area contributed by atoms with E-state index in [1.54, 1.807) is 30.6 Å². The number of imidazole rings is 2. The summed E-state index contributed by atoms with van der Waals surface area (Å²) in [5.74, 6) is 2.03. The second kappa shape index (κ2) is 8.27. The molecular formula is C21H20N8O2. The summed E-state index contributed by atoms with van der Waals surface area (Å²) in [6, 6.07) is 11.6. The Balaban J connectivity index is 1.42. The molecule has 31 heavy (non-hydrogen) atoms. The molecule has 3 heterocycles. The Labute approximate surface area is 177 Å². The summed E-state index contributed by atoms with van der Waals surface area (Å²) in [4.78, 5) is 12.2. The molecule has 0 aliphatic carbocycles. The van der Waals surface area contributed by atoms with Gasteiger partial charge in [-0.15, -0.1) is 5.10 Å². The molecule has 0 spiro atoms. The van der Waals surface area contributed by atoms with Gasteiger partial charge in [0.05, 0.1) is 42.3 Å². The Morgan fingerprint density at radius 2 is 2.10 bits per heavy atom. The van der Waals surface area contributed by atoms with Crippen molar-refractivity contribution in [2.24, 2.45) is 0 Å². The van der Waals surface area contributed by atoms with E-state index in [1.807, 2.05) is 47.2 Å². The van der Waals surface area contributed by atoms with Crippen molar-refractivity contribution in [2.75, 3.05) is 13.7 Å². The molecule has 0 atom stereocenters. The molecule has 5 aromatic rings. The van der Waals surface area contributed by atoms with Crippen LogP contribution in [0.15, 0.2) is 61.4 Å². The number of nitrogens with one attached hydrogen (secondary N) is 1. The van der Waals surface area contributed by atoms with Gasteiger partial charge in [-0.2, -0.15) is 0 Å². The Bertz CT molecular complexity index is 1280. The summed E-state index contributed by atoms with van der Waals surface area (Å²) in [5.41, 5.74) is 3.38. The van der Waals surface area contributed by atoms with Crippen molar-refractivity contribution in [3.05, 3.63) is 61.4 Å². The molecule has 1 N–H and O–H groups in total. The average molecular weight is 416 g/mol. The predicted molar refractivity (Wildman–Crippen MR) is 113 cm³/mol. The van der Waals surface area contributed by atoms with E-state index >= 15 is 0 Å². The molecule has 0 aliphatic heterocycles. The summed E-state index contributed by atoms with van der Waals surface area (Å²) < 4.78 is 15.3. The van der Waals surface area contributed by atoms with Gasteiger partial charge in [-0.05, 0) is 47.2 Å². The van der Waals surface area contributed by atoms with Gasteiger partial charge in [-0.3, -0.25) is 0 Å². The molecular weight excluding hydrogens is 396 g/mol. The van der Waals surface area contributed by atoms with Gasteiger partial charge in [0.2, 0.25) is 0 Å². The van der Waals surface area contributed by atoms with Crippen LogP contribution in [0.3, 0.4) is 0 Å². The highest BCUT2D eigenvalue weighted by molar-refractivity contribution is 5.83. The minimum absolute atomic E-state index is 0.537. The third-order valence-electron chi connectivity index (χ3n) is 4.90. The van der Waals surface area contributed by atoms with Crippen LogP contribution in [0, 0.1) is 0 Å². The number of hydrogen-bond acceptors (Lipinski definition) is 7. The number of aryl methyl sites for hydroxylation is 1. The first-order valence-electron chi connectivity index (χ1n) is 9.81. The first-order valence-corrected chi connectivity index (χ1v) is 9.81. The van der Waals surface area contributed by atoms with Gasteiger partial charge in [-0.1, -0.05) is 6.07 Å². The molecule has 0 fully saturated rings. The standard InChI is InChI=1S/C21H20N8O2/c1-30-19-5-2-4-16(20(19)31-11-3-9-28-10-8-22-13-28)21-24-17-7-6-15(12-18(17)25-21)29-14-23-26-27-29/h2,4-8,10,12-14H,3,9,11H2,1H3,(H,24,25). The zero-order chi connectivity index (χ0) is 21.0. The van der Waals surface area contributed by atoms with Crippen LogP contribution in [-0.4, -0.2) is 53.4 Å². The first kappa shape index (κ1) is 18.8. The van der Waals surface area contributed by atoms with Gasteiger partial charge in [0, 0.05) is 18.9 Å². The lowest BCUT2D eigenvalue weighted by Crippen LogP contribution is -2.05. The molecule has 0 saturated heterocycles. The SMILES string of the molecule is COc1cccc(-c2nc3ccc(-n4cnnn4)cc3[nH]2)c1OCCCn1ccnc1. The number of aromatic amines is 1. The Hall–Kier alpha value is -4.21. The molecule has 10 nitrogen and oxygen atoms in total. The summed E-state index contributed by atoms with van der Waals surface area (Å²) in [5, 5.41) is 11.3. The number of benzene rings is 2. The van der Waals surface area contributed by atoms with E-state index in [2.05, 4.69) is 25.5 Å². The minimum Gasteiger partial charge on any atom is -0.493 e.